The van der Waals surface area contributed by atoms with Crippen LogP contribution in [0.25, 0.3) is 0 Å². The van der Waals surface area contributed by atoms with E-state index in [1.54, 1.807) is 0 Å². The van der Waals surface area contributed by atoms with Crippen LogP contribution in [0, 0.1) is 0 Å². The molecule has 0 aromatic rings. The molecule has 0 saturated carbocycles. The largest absolute Gasteiger partial charge is 0.394 e. The van der Waals surface area contributed by atoms with Crippen molar-refractivity contribution in [3.8, 4) is 0 Å². The van der Waals surface area contributed by atoms with Crippen LogP contribution in [0.1, 0.15) is 0 Å². The summed E-state index contributed by atoms with van der Waals surface area (Å²) in [6, 6.07) is 0. The molecular formula is C12H22O11. The Morgan fingerprint density at radius 3 is 1.87 bits per heavy atom. The van der Waals surface area contributed by atoms with Crippen LogP contribution in [0.3, 0.4) is 0 Å². The Hall–Kier alpha value is -0.440. The van der Waals surface area contributed by atoms with Gasteiger partial charge >= 0.3 is 0 Å². The van der Waals surface area contributed by atoms with E-state index in [1.165, 1.54) is 0 Å². The van der Waals surface area contributed by atoms with Gasteiger partial charge in [-0.15, -0.1) is 0 Å². The molecule has 2 aliphatic rings. The molecule has 2 fully saturated rings. The minimum atomic E-state index is -2.22. The van der Waals surface area contributed by atoms with Crippen LogP contribution in [-0.2, 0) is 14.2 Å². The van der Waals surface area contributed by atoms with Crippen molar-refractivity contribution in [1.29, 1.82) is 0 Å². The molecular weight excluding hydrogens is 320 g/mol. The van der Waals surface area contributed by atoms with Crippen LogP contribution in [0.15, 0.2) is 0 Å². The minimum absolute atomic E-state index is 0.669. The number of ether oxygens (including phenoxy) is 3. The molecule has 2 rings (SSSR count). The number of hydrogen-bond donors (Lipinski definition) is 8. The third-order valence-corrected chi connectivity index (χ3v) is 4.07. The first-order valence-corrected chi connectivity index (χ1v) is 7.05. The van der Waals surface area contributed by atoms with Gasteiger partial charge in [-0.25, -0.2) is 0 Å². The second-order valence-corrected chi connectivity index (χ2v) is 5.56. The normalized spacial score (nSPS) is 51.1. The Balaban J connectivity index is 2.18. The molecule has 0 amide bonds. The maximum Gasteiger partial charge on any atom is 0.224 e. The average molecular weight is 342 g/mol. The molecule has 9 atom stereocenters. The van der Waals surface area contributed by atoms with Crippen LogP contribution in [0.2, 0.25) is 0 Å². The zero-order chi connectivity index (χ0) is 17.4. The summed E-state index contributed by atoms with van der Waals surface area (Å²) in [4.78, 5) is 0. The third-order valence-electron chi connectivity index (χ3n) is 4.07. The molecule has 11 nitrogen and oxygen atoms in total. The first-order valence-electron chi connectivity index (χ1n) is 7.05. The molecule has 0 aromatic heterocycles. The lowest BCUT2D eigenvalue weighted by Gasteiger charge is -2.43. The van der Waals surface area contributed by atoms with Gasteiger partial charge in [0.1, 0.15) is 49.3 Å². The molecule has 0 unspecified atom stereocenters. The Morgan fingerprint density at radius 1 is 0.783 bits per heavy atom. The first kappa shape index (κ1) is 18.9. The van der Waals surface area contributed by atoms with E-state index in [9.17, 15) is 30.6 Å². The van der Waals surface area contributed by atoms with E-state index < -0.39 is 74.6 Å². The molecule has 2 saturated heterocycles. The predicted molar refractivity (Wildman–Crippen MR) is 68.6 cm³/mol. The topological polar surface area (TPSA) is 190 Å². The highest BCUT2D eigenvalue weighted by molar-refractivity contribution is 4.98. The molecule has 2 heterocycles. The van der Waals surface area contributed by atoms with E-state index >= 15 is 0 Å². The Morgan fingerprint density at radius 2 is 1.39 bits per heavy atom. The van der Waals surface area contributed by atoms with Crippen molar-refractivity contribution in [3.63, 3.8) is 0 Å². The van der Waals surface area contributed by atoms with Gasteiger partial charge in [-0.05, 0) is 0 Å². The lowest BCUT2D eigenvalue weighted by Crippen LogP contribution is -2.62. The Labute approximate surface area is 130 Å². The van der Waals surface area contributed by atoms with Crippen molar-refractivity contribution in [2.45, 2.75) is 54.8 Å². The zero-order valence-electron chi connectivity index (χ0n) is 12.0. The van der Waals surface area contributed by atoms with Crippen LogP contribution in [0.5, 0.6) is 0 Å². The zero-order valence-corrected chi connectivity index (χ0v) is 12.0. The summed E-state index contributed by atoms with van der Waals surface area (Å²) in [5.41, 5.74) is 0. The van der Waals surface area contributed by atoms with Crippen molar-refractivity contribution in [3.05, 3.63) is 0 Å². The second-order valence-electron chi connectivity index (χ2n) is 5.56. The average Bonchev–Trinajstić information content (AvgIpc) is 2.80. The fraction of sp³-hybridized carbons (Fsp3) is 1.00. The van der Waals surface area contributed by atoms with Gasteiger partial charge in [-0.2, -0.15) is 0 Å². The highest BCUT2D eigenvalue weighted by Gasteiger charge is 2.58. The highest BCUT2D eigenvalue weighted by Crippen LogP contribution is 2.35. The highest BCUT2D eigenvalue weighted by atomic mass is 16.8. The molecule has 8 N–H and O–H groups in total. The fourth-order valence-corrected chi connectivity index (χ4v) is 2.63. The van der Waals surface area contributed by atoms with Gasteiger partial charge < -0.3 is 55.1 Å². The summed E-state index contributed by atoms with van der Waals surface area (Å²) in [6.07, 6.45) is -12.7. The maximum absolute atomic E-state index is 10.00. The minimum Gasteiger partial charge on any atom is -0.394 e. The number of rotatable bonds is 5. The maximum atomic E-state index is 10.00. The quantitative estimate of drug-likeness (QED) is 0.238. The summed E-state index contributed by atoms with van der Waals surface area (Å²) >= 11 is 0. The van der Waals surface area contributed by atoms with Crippen molar-refractivity contribution in [2.75, 3.05) is 19.8 Å². The molecule has 0 aliphatic carbocycles. The van der Waals surface area contributed by atoms with Gasteiger partial charge in [0.2, 0.25) is 5.79 Å². The molecule has 11 heteroatoms. The second kappa shape index (κ2) is 7.21. The van der Waals surface area contributed by atoms with E-state index in [4.69, 9.17) is 24.4 Å². The fourth-order valence-electron chi connectivity index (χ4n) is 2.63. The van der Waals surface area contributed by atoms with Crippen molar-refractivity contribution >= 4 is 0 Å². The summed E-state index contributed by atoms with van der Waals surface area (Å²) in [5, 5.41) is 76.7. The summed E-state index contributed by atoms with van der Waals surface area (Å²) in [5.74, 6) is -2.22. The van der Waals surface area contributed by atoms with E-state index in [2.05, 4.69) is 0 Å². The van der Waals surface area contributed by atoms with Gasteiger partial charge in [-0.1, -0.05) is 0 Å². The van der Waals surface area contributed by atoms with Crippen molar-refractivity contribution < 1.29 is 55.1 Å². The van der Waals surface area contributed by atoms with E-state index in [1.807, 2.05) is 0 Å². The molecule has 0 spiro atoms. The summed E-state index contributed by atoms with van der Waals surface area (Å²) in [6.45, 7) is -2.32. The van der Waals surface area contributed by atoms with Crippen molar-refractivity contribution in [1.82, 2.24) is 0 Å². The number of hydrogen-bond acceptors (Lipinski definition) is 11. The van der Waals surface area contributed by atoms with Crippen LogP contribution in [0.4, 0.5) is 0 Å². The lowest BCUT2D eigenvalue weighted by atomic mass is 9.99. The molecule has 0 radical (unpaired) electrons. The van der Waals surface area contributed by atoms with Crippen LogP contribution < -0.4 is 0 Å². The van der Waals surface area contributed by atoms with Gasteiger partial charge in [0.05, 0.1) is 13.2 Å². The van der Waals surface area contributed by atoms with Gasteiger partial charge in [0, 0.05) is 0 Å². The van der Waals surface area contributed by atoms with Crippen molar-refractivity contribution in [2.24, 2.45) is 0 Å². The Kier molecular flexibility index (Phi) is 5.92. The summed E-state index contributed by atoms with van der Waals surface area (Å²) in [7, 11) is 0. The summed E-state index contributed by atoms with van der Waals surface area (Å²) < 4.78 is 15.4. The van der Waals surface area contributed by atoms with Crippen LogP contribution >= 0.6 is 0 Å². The van der Waals surface area contributed by atoms with E-state index in [0.29, 0.717) is 0 Å². The monoisotopic (exact) mass is 342 g/mol. The van der Waals surface area contributed by atoms with Gasteiger partial charge in [0.15, 0.2) is 6.29 Å². The predicted octanol–water partition coefficient (Wildman–Crippen LogP) is -5.40. The molecule has 2 aliphatic heterocycles. The molecule has 0 aromatic carbocycles. The molecule has 0 bridgehead atoms. The third kappa shape index (κ3) is 3.23. The van der Waals surface area contributed by atoms with Crippen LogP contribution in [-0.4, -0.2) is 115 Å². The lowest BCUT2D eigenvalue weighted by molar-refractivity contribution is -0.383. The van der Waals surface area contributed by atoms with E-state index in [-0.39, 0.29) is 0 Å². The molecule has 136 valence electrons. The Bertz CT molecular complexity index is 393. The SMILES string of the molecule is OC[C@H]1O[C@H](O[C@]2(CO)O[C@H](CO)[C@@H](O)[C@H]2O)[C@H](O)[C@H](O)[C@@H]1O. The number of aliphatic hydroxyl groups is 8. The van der Waals surface area contributed by atoms with Gasteiger partial charge in [-0.3, -0.25) is 0 Å². The smallest absolute Gasteiger partial charge is 0.224 e. The van der Waals surface area contributed by atoms with Gasteiger partial charge in [0.25, 0.3) is 0 Å². The standard InChI is InChI=1S/C12H22O11/c13-1-4-6(16)8(18)9(19)11(21-4)23-12(3-15)10(20)7(17)5(2-14)22-12/h4-11,13-20H,1-3H2/t4-,5-,6-,7-,8-,9-,10-,11-,12+/m1/s1. The van der Waals surface area contributed by atoms with E-state index in [0.717, 1.165) is 0 Å². The first-order chi connectivity index (χ1) is 10.8. The molecule has 23 heavy (non-hydrogen) atoms. The number of aliphatic hydroxyl groups excluding tert-OH is 8.